The molecule has 3 nitrogen and oxygen atoms in total. The van der Waals surface area contributed by atoms with Crippen molar-refractivity contribution in [1.29, 1.82) is 0 Å². The van der Waals surface area contributed by atoms with Gasteiger partial charge in [-0.15, -0.1) is 0 Å². The third-order valence-electron chi connectivity index (χ3n) is 4.50. The summed E-state index contributed by atoms with van der Waals surface area (Å²) < 4.78 is 41.0. The van der Waals surface area contributed by atoms with Gasteiger partial charge in [-0.2, -0.15) is 8.78 Å². The SMILES string of the molecule is CC(Cc1ccccc1)(CC(F)(F)Cl)C(=O)Nc1cnc2c(F)cccc2c1. The van der Waals surface area contributed by atoms with E-state index in [1.165, 1.54) is 25.3 Å². The molecule has 28 heavy (non-hydrogen) atoms. The van der Waals surface area contributed by atoms with Gasteiger partial charge in [-0.05, 0) is 35.7 Å². The second-order valence-corrected chi connectivity index (χ2v) is 7.56. The van der Waals surface area contributed by atoms with Crippen molar-refractivity contribution < 1.29 is 18.0 Å². The van der Waals surface area contributed by atoms with Gasteiger partial charge in [0.15, 0.2) is 0 Å². The highest BCUT2D eigenvalue weighted by Crippen LogP contribution is 2.38. The maximum absolute atomic E-state index is 13.7. The summed E-state index contributed by atoms with van der Waals surface area (Å²) in [6.07, 6.45) is 0.542. The maximum atomic E-state index is 13.7. The summed E-state index contributed by atoms with van der Waals surface area (Å²) in [6, 6.07) is 14.9. The molecule has 3 rings (SSSR count). The smallest absolute Gasteiger partial charge is 0.322 e. The van der Waals surface area contributed by atoms with Crippen LogP contribution in [0.1, 0.15) is 18.9 Å². The number of para-hydroxylation sites is 1. The summed E-state index contributed by atoms with van der Waals surface area (Å²) in [5.41, 5.74) is -0.274. The normalized spacial score (nSPS) is 13.9. The van der Waals surface area contributed by atoms with Crippen molar-refractivity contribution in [3.05, 3.63) is 72.2 Å². The fraction of sp³-hybridized carbons (Fsp3) is 0.238. The second-order valence-electron chi connectivity index (χ2n) is 7.00. The molecule has 0 aliphatic carbocycles. The van der Waals surface area contributed by atoms with Crippen LogP contribution in [-0.4, -0.2) is 16.3 Å². The molecule has 1 amide bonds. The zero-order valence-electron chi connectivity index (χ0n) is 15.1. The third kappa shape index (κ3) is 4.81. The Hall–Kier alpha value is -2.60. The first-order chi connectivity index (χ1) is 13.2. The topological polar surface area (TPSA) is 42.0 Å². The molecule has 1 atom stereocenters. The number of alkyl halides is 3. The number of anilines is 1. The van der Waals surface area contributed by atoms with Gasteiger partial charge in [0.2, 0.25) is 5.91 Å². The molecule has 0 aliphatic heterocycles. The number of hydrogen-bond donors (Lipinski definition) is 1. The van der Waals surface area contributed by atoms with Crippen LogP contribution in [-0.2, 0) is 11.2 Å². The summed E-state index contributed by atoms with van der Waals surface area (Å²) in [6.45, 7) is 1.44. The van der Waals surface area contributed by atoms with Crippen molar-refractivity contribution in [3.8, 4) is 0 Å². The fourth-order valence-corrected chi connectivity index (χ4v) is 3.48. The molecule has 0 radical (unpaired) electrons. The highest BCUT2D eigenvalue weighted by atomic mass is 35.5. The monoisotopic (exact) mass is 406 g/mol. The molecule has 0 bridgehead atoms. The minimum Gasteiger partial charge on any atom is -0.324 e. The first-order valence-electron chi connectivity index (χ1n) is 8.63. The number of amides is 1. The molecule has 146 valence electrons. The van der Waals surface area contributed by atoms with Gasteiger partial charge in [0.05, 0.1) is 17.3 Å². The average molecular weight is 407 g/mol. The molecule has 1 N–H and O–H groups in total. The van der Waals surface area contributed by atoms with Gasteiger partial charge in [0.25, 0.3) is 0 Å². The zero-order valence-corrected chi connectivity index (χ0v) is 15.8. The molecular weight excluding hydrogens is 389 g/mol. The van der Waals surface area contributed by atoms with Crippen LogP contribution in [0.2, 0.25) is 0 Å². The molecule has 7 heteroatoms. The van der Waals surface area contributed by atoms with Crippen LogP contribution in [0.4, 0.5) is 18.9 Å². The lowest BCUT2D eigenvalue weighted by molar-refractivity contribution is -0.127. The Kier molecular flexibility index (Phi) is 5.61. The number of rotatable bonds is 6. The number of carbonyl (C=O) groups is 1. The van der Waals surface area contributed by atoms with Gasteiger partial charge in [-0.1, -0.05) is 49.4 Å². The molecule has 1 aromatic heterocycles. The summed E-state index contributed by atoms with van der Waals surface area (Å²) in [7, 11) is 0. The number of nitrogens with one attached hydrogen (secondary N) is 1. The Morgan fingerprint density at radius 3 is 2.54 bits per heavy atom. The quantitative estimate of drug-likeness (QED) is 0.527. The average Bonchev–Trinajstić information content (AvgIpc) is 2.61. The van der Waals surface area contributed by atoms with E-state index in [1.54, 1.807) is 42.5 Å². The summed E-state index contributed by atoms with van der Waals surface area (Å²) in [5, 5.41) is -0.424. The lowest BCUT2D eigenvalue weighted by atomic mass is 9.79. The molecule has 0 saturated carbocycles. The van der Waals surface area contributed by atoms with Gasteiger partial charge in [-0.3, -0.25) is 9.78 Å². The lowest BCUT2D eigenvalue weighted by Crippen LogP contribution is -2.39. The first kappa shape index (κ1) is 20.1. The minimum atomic E-state index is -3.54. The Morgan fingerprint density at radius 1 is 1.14 bits per heavy atom. The van der Waals surface area contributed by atoms with E-state index in [0.717, 1.165) is 5.56 Å². The minimum absolute atomic E-state index is 0.0810. The van der Waals surface area contributed by atoms with Gasteiger partial charge in [-0.25, -0.2) is 4.39 Å². The molecule has 0 saturated heterocycles. The molecule has 1 unspecified atom stereocenters. The Morgan fingerprint density at radius 2 is 1.86 bits per heavy atom. The van der Waals surface area contributed by atoms with Crippen LogP contribution in [0.5, 0.6) is 0 Å². The van der Waals surface area contributed by atoms with E-state index in [9.17, 15) is 18.0 Å². The molecule has 0 spiro atoms. The Balaban J connectivity index is 1.88. The van der Waals surface area contributed by atoms with Gasteiger partial charge >= 0.3 is 5.38 Å². The number of benzene rings is 2. The van der Waals surface area contributed by atoms with Crippen molar-refractivity contribution >= 4 is 34.1 Å². The fourth-order valence-electron chi connectivity index (χ4n) is 3.19. The van der Waals surface area contributed by atoms with E-state index in [-0.39, 0.29) is 11.9 Å². The largest absolute Gasteiger partial charge is 0.324 e. The number of fused-ring (bicyclic) bond motifs is 1. The van der Waals surface area contributed by atoms with Crippen LogP contribution in [0.3, 0.4) is 0 Å². The molecular formula is C21H18ClF3N2O. The molecule has 2 aromatic carbocycles. The molecule has 0 aliphatic rings. The van der Waals surface area contributed by atoms with Crippen molar-refractivity contribution in [2.45, 2.75) is 25.1 Å². The lowest BCUT2D eigenvalue weighted by Gasteiger charge is -2.30. The summed E-state index contributed by atoms with van der Waals surface area (Å²) >= 11 is 5.16. The number of pyridine rings is 1. The van der Waals surface area contributed by atoms with Crippen LogP contribution in [0.15, 0.2) is 60.8 Å². The van der Waals surface area contributed by atoms with Crippen LogP contribution in [0, 0.1) is 11.2 Å². The van der Waals surface area contributed by atoms with Crippen molar-refractivity contribution in [1.82, 2.24) is 4.98 Å². The highest BCUT2D eigenvalue weighted by molar-refractivity contribution is 6.21. The Bertz CT molecular complexity index is 992. The molecule has 1 heterocycles. The van der Waals surface area contributed by atoms with E-state index >= 15 is 0 Å². The van der Waals surface area contributed by atoms with Crippen LogP contribution >= 0.6 is 11.6 Å². The van der Waals surface area contributed by atoms with Crippen molar-refractivity contribution in [3.63, 3.8) is 0 Å². The van der Waals surface area contributed by atoms with Crippen molar-refractivity contribution in [2.75, 3.05) is 5.32 Å². The van der Waals surface area contributed by atoms with Gasteiger partial charge in [0, 0.05) is 11.8 Å². The van der Waals surface area contributed by atoms with E-state index in [0.29, 0.717) is 11.1 Å². The van der Waals surface area contributed by atoms with E-state index in [2.05, 4.69) is 10.3 Å². The predicted molar refractivity (Wildman–Crippen MR) is 104 cm³/mol. The van der Waals surface area contributed by atoms with Crippen LogP contribution < -0.4 is 5.32 Å². The number of halogens is 4. The highest BCUT2D eigenvalue weighted by Gasteiger charge is 2.43. The standard InChI is InChI=1S/C21H18ClF3N2O/c1-20(13-21(22,24)25,11-14-6-3-2-4-7-14)19(28)27-16-10-15-8-5-9-17(23)18(15)26-12-16/h2-10,12H,11,13H2,1H3,(H,27,28). The first-order valence-corrected chi connectivity index (χ1v) is 9.00. The van der Waals surface area contributed by atoms with E-state index in [1.807, 2.05) is 0 Å². The summed E-state index contributed by atoms with van der Waals surface area (Å²) in [4.78, 5) is 16.9. The second kappa shape index (κ2) is 7.80. The number of aromatic nitrogens is 1. The van der Waals surface area contributed by atoms with Gasteiger partial charge < -0.3 is 5.32 Å². The Labute approximate surface area is 165 Å². The molecule has 0 fully saturated rings. The van der Waals surface area contributed by atoms with Gasteiger partial charge in [0.1, 0.15) is 11.3 Å². The number of hydrogen-bond acceptors (Lipinski definition) is 2. The van der Waals surface area contributed by atoms with E-state index < -0.39 is 28.9 Å². The predicted octanol–water partition coefficient (Wildman–Crippen LogP) is 5.78. The third-order valence-corrected chi connectivity index (χ3v) is 4.63. The number of carbonyl (C=O) groups excluding carboxylic acids is 1. The molecule has 3 aromatic rings. The van der Waals surface area contributed by atoms with Crippen LogP contribution in [0.25, 0.3) is 10.9 Å². The number of nitrogens with zero attached hydrogens (tertiary/aromatic N) is 1. The van der Waals surface area contributed by atoms with E-state index in [4.69, 9.17) is 11.6 Å². The zero-order chi connectivity index (χ0) is 20.4. The maximum Gasteiger partial charge on any atom is 0.322 e. The summed E-state index contributed by atoms with van der Waals surface area (Å²) in [5.74, 6) is -1.10. The van der Waals surface area contributed by atoms with Crippen molar-refractivity contribution in [2.24, 2.45) is 5.41 Å².